The van der Waals surface area contributed by atoms with Crippen LogP contribution in [0.4, 0.5) is 5.69 Å². The standard InChI is InChI=1S/C16H23N3OS/c1-11-7-8-19(9-12(11)2)10-15(20)18-14-6-4-3-5-13(14)16(17)21/h3-6,11-12H,7-10H2,1-2H3,(H2,17,21)(H,18,20). The van der Waals surface area contributed by atoms with Crippen molar-refractivity contribution in [3.05, 3.63) is 29.8 Å². The molecule has 114 valence electrons. The van der Waals surface area contributed by atoms with Gasteiger partial charge in [0.2, 0.25) is 5.91 Å². The zero-order valence-corrected chi connectivity index (χ0v) is 13.5. The molecule has 0 aliphatic carbocycles. The second-order valence-corrected chi connectivity index (χ2v) is 6.38. The molecule has 0 radical (unpaired) electrons. The molecule has 4 nitrogen and oxygen atoms in total. The van der Waals surface area contributed by atoms with Gasteiger partial charge >= 0.3 is 0 Å². The van der Waals surface area contributed by atoms with Crippen molar-refractivity contribution in [1.29, 1.82) is 0 Å². The Morgan fingerprint density at radius 1 is 1.38 bits per heavy atom. The number of nitrogens with two attached hydrogens (primary N) is 1. The van der Waals surface area contributed by atoms with Gasteiger partial charge in [-0.1, -0.05) is 38.2 Å². The number of thiocarbonyl (C=S) groups is 1. The van der Waals surface area contributed by atoms with E-state index in [9.17, 15) is 4.79 Å². The molecule has 1 heterocycles. The highest BCUT2D eigenvalue weighted by atomic mass is 32.1. The Morgan fingerprint density at radius 2 is 2.10 bits per heavy atom. The van der Waals surface area contributed by atoms with E-state index < -0.39 is 0 Å². The molecule has 0 aromatic heterocycles. The van der Waals surface area contributed by atoms with E-state index in [-0.39, 0.29) is 5.91 Å². The summed E-state index contributed by atoms with van der Waals surface area (Å²) in [5.41, 5.74) is 7.08. The lowest BCUT2D eigenvalue weighted by Crippen LogP contribution is -2.42. The minimum Gasteiger partial charge on any atom is -0.389 e. The van der Waals surface area contributed by atoms with Gasteiger partial charge in [-0.2, -0.15) is 0 Å². The van der Waals surface area contributed by atoms with E-state index in [0.717, 1.165) is 25.4 Å². The summed E-state index contributed by atoms with van der Waals surface area (Å²) in [6.07, 6.45) is 1.15. The predicted molar refractivity (Wildman–Crippen MR) is 90.3 cm³/mol. The van der Waals surface area contributed by atoms with Gasteiger partial charge in [-0.25, -0.2) is 0 Å². The van der Waals surface area contributed by atoms with Gasteiger partial charge in [0.05, 0.1) is 12.2 Å². The van der Waals surface area contributed by atoms with Crippen LogP contribution in [0.5, 0.6) is 0 Å². The number of hydrogen-bond acceptors (Lipinski definition) is 3. The third-order valence-corrected chi connectivity index (χ3v) is 4.47. The van der Waals surface area contributed by atoms with E-state index >= 15 is 0 Å². The van der Waals surface area contributed by atoms with Crippen LogP contribution in [-0.4, -0.2) is 35.4 Å². The fourth-order valence-electron chi connectivity index (χ4n) is 2.69. The molecule has 2 unspecified atom stereocenters. The summed E-state index contributed by atoms with van der Waals surface area (Å²) in [6, 6.07) is 7.37. The largest absolute Gasteiger partial charge is 0.389 e. The average Bonchev–Trinajstić information content (AvgIpc) is 2.43. The van der Waals surface area contributed by atoms with Crippen molar-refractivity contribution in [3.8, 4) is 0 Å². The summed E-state index contributed by atoms with van der Waals surface area (Å²) in [5.74, 6) is 1.36. The van der Waals surface area contributed by atoms with Crippen molar-refractivity contribution in [2.75, 3.05) is 25.0 Å². The van der Waals surface area contributed by atoms with Crippen LogP contribution in [0, 0.1) is 11.8 Å². The Balaban J connectivity index is 1.95. The van der Waals surface area contributed by atoms with Crippen LogP contribution < -0.4 is 11.1 Å². The number of nitrogens with zero attached hydrogens (tertiary/aromatic N) is 1. The van der Waals surface area contributed by atoms with Crippen LogP contribution in [0.3, 0.4) is 0 Å². The maximum absolute atomic E-state index is 12.2. The Hall–Kier alpha value is -1.46. The minimum atomic E-state index is -0.0135. The minimum absolute atomic E-state index is 0.0135. The van der Waals surface area contributed by atoms with Gasteiger partial charge in [-0.05, 0) is 36.9 Å². The monoisotopic (exact) mass is 305 g/mol. The number of amides is 1. The molecule has 3 N–H and O–H groups in total. The summed E-state index contributed by atoms with van der Waals surface area (Å²) in [5, 5.41) is 2.92. The molecule has 1 saturated heterocycles. The number of para-hydroxylation sites is 1. The number of anilines is 1. The molecule has 1 fully saturated rings. The molecule has 2 rings (SSSR count). The molecule has 1 aromatic carbocycles. The number of carbonyl (C=O) groups is 1. The van der Waals surface area contributed by atoms with Gasteiger partial charge in [-0.3, -0.25) is 9.69 Å². The molecule has 21 heavy (non-hydrogen) atoms. The highest BCUT2D eigenvalue weighted by Gasteiger charge is 2.24. The summed E-state index contributed by atoms with van der Waals surface area (Å²) >= 11 is 5.01. The van der Waals surface area contributed by atoms with E-state index in [1.807, 2.05) is 24.3 Å². The molecule has 2 atom stereocenters. The normalized spacial score (nSPS) is 22.8. The Morgan fingerprint density at radius 3 is 2.76 bits per heavy atom. The van der Waals surface area contributed by atoms with Crippen molar-refractivity contribution in [3.63, 3.8) is 0 Å². The Bertz CT molecular complexity index is 532. The summed E-state index contributed by atoms with van der Waals surface area (Å²) < 4.78 is 0. The first-order chi connectivity index (χ1) is 9.97. The number of piperidine rings is 1. The quantitative estimate of drug-likeness (QED) is 0.838. The fraction of sp³-hybridized carbons (Fsp3) is 0.500. The van der Waals surface area contributed by atoms with Gasteiger partial charge in [0.1, 0.15) is 4.99 Å². The molecule has 1 aliphatic rings. The van der Waals surface area contributed by atoms with E-state index in [4.69, 9.17) is 18.0 Å². The second-order valence-electron chi connectivity index (χ2n) is 5.94. The predicted octanol–water partition coefficient (Wildman–Crippen LogP) is 2.24. The van der Waals surface area contributed by atoms with Crippen molar-refractivity contribution in [2.24, 2.45) is 17.6 Å². The topological polar surface area (TPSA) is 58.4 Å². The average molecular weight is 305 g/mol. The first-order valence-corrected chi connectivity index (χ1v) is 7.79. The van der Waals surface area contributed by atoms with Crippen LogP contribution in [-0.2, 0) is 4.79 Å². The molecule has 1 aromatic rings. The van der Waals surface area contributed by atoms with Gasteiger partial charge in [0.15, 0.2) is 0 Å². The third kappa shape index (κ3) is 4.25. The molecule has 0 spiro atoms. The zero-order chi connectivity index (χ0) is 15.4. The highest BCUT2D eigenvalue weighted by Crippen LogP contribution is 2.22. The van der Waals surface area contributed by atoms with Gasteiger partial charge in [0.25, 0.3) is 0 Å². The lowest BCUT2D eigenvalue weighted by molar-refractivity contribution is -0.117. The molecular formula is C16H23N3OS. The van der Waals surface area contributed by atoms with Crippen molar-refractivity contribution >= 4 is 28.8 Å². The molecule has 5 heteroatoms. The smallest absolute Gasteiger partial charge is 0.238 e. The lowest BCUT2D eigenvalue weighted by Gasteiger charge is -2.34. The second kappa shape index (κ2) is 7.00. The van der Waals surface area contributed by atoms with Crippen LogP contribution in [0.15, 0.2) is 24.3 Å². The van der Waals surface area contributed by atoms with Crippen LogP contribution >= 0.6 is 12.2 Å². The maximum atomic E-state index is 12.2. The first kappa shape index (κ1) is 15.9. The van der Waals surface area contributed by atoms with Crippen LogP contribution in [0.2, 0.25) is 0 Å². The van der Waals surface area contributed by atoms with E-state index in [1.54, 1.807) is 0 Å². The van der Waals surface area contributed by atoms with Crippen molar-refractivity contribution in [2.45, 2.75) is 20.3 Å². The van der Waals surface area contributed by atoms with Crippen molar-refractivity contribution < 1.29 is 4.79 Å². The van der Waals surface area contributed by atoms with Gasteiger partial charge in [-0.15, -0.1) is 0 Å². The molecule has 0 bridgehead atoms. The number of rotatable bonds is 4. The molecule has 0 saturated carbocycles. The lowest BCUT2D eigenvalue weighted by atomic mass is 9.89. The third-order valence-electron chi connectivity index (χ3n) is 4.25. The number of benzene rings is 1. The van der Waals surface area contributed by atoms with Gasteiger partial charge < -0.3 is 11.1 Å². The molecular weight excluding hydrogens is 282 g/mol. The number of hydrogen-bond donors (Lipinski definition) is 2. The van der Waals surface area contributed by atoms with Gasteiger partial charge in [0, 0.05) is 12.1 Å². The molecule has 1 amide bonds. The van der Waals surface area contributed by atoms with E-state index in [2.05, 4.69) is 24.1 Å². The van der Waals surface area contributed by atoms with Crippen LogP contribution in [0.1, 0.15) is 25.8 Å². The number of nitrogens with one attached hydrogen (secondary N) is 1. The Kier molecular flexibility index (Phi) is 5.31. The van der Waals surface area contributed by atoms with Crippen molar-refractivity contribution in [1.82, 2.24) is 4.90 Å². The summed E-state index contributed by atoms with van der Waals surface area (Å²) in [4.78, 5) is 14.7. The maximum Gasteiger partial charge on any atom is 0.238 e. The van der Waals surface area contributed by atoms with Crippen LogP contribution in [0.25, 0.3) is 0 Å². The SMILES string of the molecule is CC1CCN(CC(=O)Nc2ccccc2C(N)=S)CC1C. The summed E-state index contributed by atoms with van der Waals surface area (Å²) in [7, 11) is 0. The zero-order valence-electron chi connectivity index (χ0n) is 12.6. The first-order valence-electron chi connectivity index (χ1n) is 7.38. The highest BCUT2D eigenvalue weighted by molar-refractivity contribution is 7.80. The number of carbonyl (C=O) groups excluding carboxylic acids is 1. The summed E-state index contributed by atoms with van der Waals surface area (Å²) in [6.45, 7) is 6.90. The fourth-order valence-corrected chi connectivity index (χ4v) is 2.87. The Labute approximate surface area is 131 Å². The van der Waals surface area contributed by atoms with E-state index in [1.165, 1.54) is 0 Å². The number of likely N-dealkylation sites (tertiary alicyclic amines) is 1. The molecule has 1 aliphatic heterocycles. The van der Waals surface area contributed by atoms with E-state index in [0.29, 0.717) is 28.7 Å².